The van der Waals surface area contributed by atoms with E-state index in [1.54, 1.807) is 12.5 Å². The number of pyridine rings is 1. The van der Waals surface area contributed by atoms with E-state index >= 15 is 0 Å². The Morgan fingerprint density at radius 1 is 1.23 bits per heavy atom. The Kier molecular flexibility index (Phi) is 4.88. The summed E-state index contributed by atoms with van der Waals surface area (Å²) in [5.41, 5.74) is 3.70. The van der Waals surface area contributed by atoms with Gasteiger partial charge in [0.2, 0.25) is 0 Å². The summed E-state index contributed by atoms with van der Waals surface area (Å²) >= 11 is 0. The maximum Gasteiger partial charge on any atom is 0.183 e. The number of anilines is 1. The lowest BCUT2D eigenvalue weighted by molar-refractivity contribution is 0.206. The van der Waals surface area contributed by atoms with E-state index < -0.39 is 5.82 Å². The summed E-state index contributed by atoms with van der Waals surface area (Å²) in [6.07, 6.45) is 10.4. The predicted molar refractivity (Wildman–Crippen MR) is 112 cm³/mol. The van der Waals surface area contributed by atoms with Gasteiger partial charge in [-0.15, -0.1) is 0 Å². The van der Waals surface area contributed by atoms with Crippen molar-refractivity contribution >= 4 is 16.9 Å². The highest BCUT2D eigenvalue weighted by Gasteiger charge is 2.22. The first-order valence-corrected chi connectivity index (χ1v) is 10.1. The first-order chi connectivity index (χ1) is 14.7. The van der Waals surface area contributed by atoms with Gasteiger partial charge in [-0.2, -0.15) is 0 Å². The van der Waals surface area contributed by atoms with Gasteiger partial charge in [0.1, 0.15) is 5.65 Å². The molecule has 0 amide bonds. The van der Waals surface area contributed by atoms with E-state index in [0.717, 1.165) is 60.3 Å². The Labute approximate surface area is 173 Å². The van der Waals surface area contributed by atoms with Crippen LogP contribution in [0.4, 0.5) is 10.2 Å². The molecule has 30 heavy (non-hydrogen) atoms. The molecule has 0 bridgehead atoms. The average molecular weight is 406 g/mol. The number of hydrogen-bond acceptors (Lipinski definition) is 6. The normalized spacial score (nSPS) is 17.5. The number of imidazole rings is 1. The van der Waals surface area contributed by atoms with Crippen molar-refractivity contribution in [3.05, 3.63) is 54.3 Å². The molecule has 3 N–H and O–H groups in total. The van der Waals surface area contributed by atoms with Gasteiger partial charge in [-0.05, 0) is 37.9 Å². The van der Waals surface area contributed by atoms with Gasteiger partial charge in [0.25, 0.3) is 0 Å². The zero-order valence-corrected chi connectivity index (χ0v) is 16.7. The van der Waals surface area contributed by atoms with Gasteiger partial charge in [0.05, 0.1) is 12.5 Å². The molecule has 8 nitrogen and oxygen atoms in total. The minimum Gasteiger partial charge on any atom is -0.363 e. The third-order valence-corrected chi connectivity index (χ3v) is 5.45. The van der Waals surface area contributed by atoms with Gasteiger partial charge in [0.15, 0.2) is 17.5 Å². The lowest BCUT2D eigenvalue weighted by Gasteiger charge is -2.33. The Morgan fingerprint density at radius 3 is 3.03 bits per heavy atom. The van der Waals surface area contributed by atoms with Crippen molar-refractivity contribution < 1.29 is 4.39 Å². The molecule has 0 aromatic carbocycles. The lowest BCUT2D eigenvalue weighted by Crippen LogP contribution is -2.42. The number of aromatic amines is 2. The fraction of sp³-hybridized carbons (Fsp3) is 0.333. The fourth-order valence-corrected chi connectivity index (χ4v) is 4.01. The number of halogens is 1. The maximum atomic E-state index is 14.5. The molecule has 154 valence electrons. The molecule has 1 unspecified atom stereocenters. The number of rotatable bonds is 5. The smallest absolute Gasteiger partial charge is 0.183 e. The predicted octanol–water partition coefficient (Wildman–Crippen LogP) is 3.27. The number of aryl methyl sites for hydroxylation is 1. The second-order valence-electron chi connectivity index (χ2n) is 7.80. The molecule has 1 aliphatic rings. The highest BCUT2D eigenvalue weighted by Crippen LogP contribution is 2.27. The second kappa shape index (κ2) is 7.83. The van der Waals surface area contributed by atoms with E-state index in [1.807, 2.05) is 25.4 Å². The summed E-state index contributed by atoms with van der Waals surface area (Å²) in [6.45, 7) is 4.61. The summed E-state index contributed by atoms with van der Waals surface area (Å²) in [5, 5.41) is 4.23. The molecule has 5 heterocycles. The number of likely N-dealkylation sites (tertiary alicyclic amines) is 1. The third-order valence-electron chi connectivity index (χ3n) is 5.45. The SMILES string of the molecule is Cc1cnc2[nH]cc(-c3ncc(F)c(NC4CCCN(Cc5cnc[nH]5)C4)n3)c2c1. The van der Waals surface area contributed by atoms with Crippen LogP contribution in [0.1, 0.15) is 24.1 Å². The molecule has 4 aromatic rings. The average Bonchev–Trinajstić information content (AvgIpc) is 3.39. The number of hydrogen-bond donors (Lipinski definition) is 3. The molecule has 0 saturated carbocycles. The third kappa shape index (κ3) is 3.76. The Hall–Kier alpha value is -3.33. The Morgan fingerprint density at radius 2 is 2.17 bits per heavy atom. The minimum absolute atomic E-state index is 0.116. The van der Waals surface area contributed by atoms with Crippen molar-refractivity contribution in [2.45, 2.75) is 32.4 Å². The number of H-pyrrole nitrogens is 2. The Bertz CT molecular complexity index is 1150. The summed E-state index contributed by atoms with van der Waals surface area (Å²) in [7, 11) is 0. The van der Waals surface area contributed by atoms with Gasteiger partial charge in [-0.25, -0.2) is 24.3 Å². The molecule has 4 aromatic heterocycles. The van der Waals surface area contributed by atoms with Gasteiger partial charge >= 0.3 is 0 Å². The zero-order chi connectivity index (χ0) is 20.5. The quantitative estimate of drug-likeness (QED) is 0.471. The molecule has 0 radical (unpaired) electrons. The summed E-state index contributed by atoms with van der Waals surface area (Å²) in [6, 6.07) is 2.15. The van der Waals surface area contributed by atoms with Crippen LogP contribution in [0.15, 0.2) is 37.2 Å². The van der Waals surface area contributed by atoms with Crippen molar-refractivity contribution in [3.63, 3.8) is 0 Å². The fourth-order valence-electron chi connectivity index (χ4n) is 4.01. The molecule has 1 saturated heterocycles. The van der Waals surface area contributed by atoms with Crippen LogP contribution in [-0.2, 0) is 6.54 Å². The molecular weight excluding hydrogens is 383 g/mol. The highest BCUT2D eigenvalue weighted by atomic mass is 19.1. The highest BCUT2D eigenvalue weighted by molar-refractivity contribution is 5.92. The van der Waals surface area contributed by atoms with Crippen LogP contribution >= 0.6 is 0 Å². The number of fused-ring (bicyclic) bond motifs is 1. The first-order valence-electron chi connectivity index (χ1n) is 10.1. The van der Waals surface area contributed by atoms with E-state index in [0.29, 0.717) is 5.82 Å². The molecule has 5 rings (SSSR count). The number of piperidine rings is 1. The molecule has 1 fully saturated rings. The van der Waals surface area contributed by atoms with Gasteiger partial charge in [0, 0.05) is 54.4 Å². The van der Waals surface area contributed by atoms with E-state index in [-0.39, 0.29) is 11.9 Å². The van der Waals surface area contributed by atoms with E-state index in [4.69, 9.17) is 0 Å². The first kappa shape index (κ1) is 18.7. The summed E-state index contributed by atoms with van der Waals surface area (Å²) in [5.74, 6) is 0.268. The van der Waals surface area contributed by atoms with E-state index in [9.17, 15) is 4.39 Å². The molecule has 9 heteroatoms. The number of nitrogens with zero attached hydrogens (tertiary/aromatic N) is 5. The van der Waals surface area contributed by atoms with Crippen LogP contribution in [-0.4, -0.2) is 53.9 Å². The number of nitrogens with one attached hydrogen (secondary N) is 3. The van der Waals surface area contributed by atoms with Crippen molar-refractivity contribution in [2.24, 2.45) is 0 Å². The summed E-state index contributed by atoms with van der Waals surface area (Å²) in [4.78, 5) is 25.8. The van der Waals surface area contributed by atoms with Crippen molar-refractivity contribution in [2.75, 3.05) is 18.4 Å². The number of aromatic nitrogens is 6. The van der Waals surface area contributed by atoms with Gasteiger partial charge in [-0.1, -0.05) is 0 Å². The molecular formula is C21H23FN8. The maximum absolute atomic E-state index is 14.5. The monoisotopic (exact) mass is 406 g/mol. The van der Waals surface area contributed by atoms with Crippen LogP contribution in [0, 0.1) is 12.7 Å². The van der Waals surface area contributed by atoms with Crippen LogP contribution in [0.2, 0.25) is 0 Å². The van der Waals surface area contributed by atoms with Crippen molar-refractivity contribution in [1.29, 1.82) is 0 Å². The van der Waals surface area contributed by atoms with E-state index in [2.05, 4.69) is 40.1 Å². The zero-order valence-electron chi connectivity index (χ0n) is 16.7. The van der Waals surface area contributed by atoms with Crippen LogP contribution in [0.25, 0.3) is 22.4 Å². The lowest BCUT2D eigenvalue weighted by atomic mass is 10.1. The molecule has 0 spiro atoms. The van der Waals surface area contributed by atoms with Crippen LogP contribution in [0.5, 0.6) is 0 Å². The standard InChI is InChI=1S/C21H23FN8/c1-13-5-16-17(8-25-19(16)24-6-13)20-26-9-18(22)21(29-20)28-14-3-2-4-30(10-14)11-15-7-23-12-27-15/h5-9,12,14H,2-4,10-11H2,1H3,(H,23,27)(H,24,25)(H,26,28,29). The molecule has 1 atom stereocenters. The van der Waals surface area contributed by atoms with Crippen molar-refractivity contribution in [1.82, 2.24) is 34.8 Å². The molecule has 0 aliphatic carbocycles. The summed E-state index contributed by atoms with van der Waals surface area (Å²) < 4.78 is 14.5. The van der Waals surface area contributed by atoms with Crippen LogP contribution in [0.3, 0.4) is 0 Å². The van der Waals surface area contributed by atoms with Crippen LogP contribution < -0.4 is 5.32 Å². The van der Waals surface area contributed by atoms with Crippen molar-refractivity contribution in [3.8, 4) is 11.4 Å². The van der Waals surface area contributed by atoms with E-state index in [1.165, 1.54) is 6.20 Å². The minimum atomic E-state index is -0.446. The van der Waals surface area contributed by atoms with Gasteiger partial charge < -0.3 is 15.3 Å². The van der Waals surface area contributed by atoms with Gasteiger partial charge in [-0.3, -0.25) is 4.90 Å². The largest absolute Gasteiger partial charge is 0.363 e. The Balaban J connectivity index is 1.36. The topological polar surface area (TPSA) is 98.4 Å². The second-order valence-corrected chi connectivity index (χ2v) is 7.80. The molecule has 1 aliphatic heterocycles.